The largest absolute Gasteiger partial charge is 0.489 e. The molecular weight excluding hydrogens is 414 g/mol. The maximum Gasteiger partial charge on any atom is 0.252 e. The minimum Gasteiger partial charge on any atom is -0.489 e. The number of benzene rings is 3. The molecule has 0 fully saturated rings. The minimum absolute atomic E-state index is 0.0756. The first-order valence-electron chi connectivity index (χ1n) is 10.9. The number of ether oxygens (including phenoxy) is 1. The Hall–Kier alpha value is -4.06. The lowest BCUT2D eigenvalue weighted by Gasteiger charge is -2.20. The van der Waals surface area contributed by atoms with E-state index in [4.69, 9.17) is 4.74 Å². The number of aromatic amines is 1. The highest BCUT2D eigenvalue weighted by Crippen LogP contribution is 2.32. The fourth-order valence-electron chi connectivity index (χ4n) is 4.21. The van der Waals surface area contributed by atoms with Crippen molar-refractivity contribution in [1.82, 2.24) is 10.3 Å². The first-order chi connectivity index (χ1) is 15.9. The van der Waals surface area contributed by atoms with Gasteiger partial charge in [-0.3, -0.25) is 9.59 Å². The summed E-state index contributed by atoms with van der Waals surface area (Å²) < 4.78 is 5.81. The van der Waals surface area contributed by atoms with Gasteiger partial charge in [-0.1, -0.05) is 30.3 Å². The van der Waals surface area contributed by atoms with Crippen LogP contribution in [0.5, 0.6) is 5.75 Å². The van der Waals surface area contributed by atoms with Crippen molar-refractivity contribution in [2.45, 2.75) is 19.9 Å². The summed E-state index contributed by atoms with van der Waals surface area (Å²) in [4.78, 5) is 30.9. The van der Waals surface area contributed by atoms with E-state index in [0.29, 0.717) is 17.0 Å². The number of carbonyl (C=O) groups is 2. The van der Waals surface area contributed by atoms with E-state index in [1.807, 2.05) is 42.6 Å². The Morgan fingerprint density at radius 2 is 1.88 bits per heavy atom. The summed E-state index contributed by atoms with van der Waals surface area (Å²) in [6, 6.07) is 18.4. The third kappa shape index (κ3) is 3.74. The van der Waals surface area contributed by atoms with Crippen molar-refractivity contribution < 1.29 is 14.3 Å². The van der Waals surface area contributed by atoms with Gasteiger partial charge in [0.2, 0.25) is 0 Å². The first-order valence-corrected chi connectivity index (χ1v) is 10.9. The quantitative estimate of drug-likeness (QED) is 0.490. The molecule has 5 rings (SSSR count). The molecule has 2 amide bonds. The maximum absolute atomic E-state index is 13.1. The van der Waals surface area contributed by atoms with Crippen molar-refractivity contribution in [3.63, 3.8) is 0 Å². The molecule has 0 unspecified atom stereocenters. The zero-order valence-corrected chi connectivity index (χ0v) is 18.8. The number of carbonyl (C=O) groups excluding carboxylic acids is 2. The van der Waals surface area contributed by atoms with Gasteiger partial charge in [-0.25, -0.2) is 0 Å². The molecule has 0 bridgehead atoms. The van der Waals surface area contributed by atoms with Crippen molar-refractivity contribution >= 4 is 28.4 Å². The number of nitrogens with one attached hydrogen (secondary N) is 2. The topological polar surface area (TPSA) is 74.4 Å². The molecule has 0 saturated heterocycles. The molecule has 0 spiro atoms. The molecule has 0 radical (unpaired) electrons. The van der Waals surface area contributed by atoms with E-state index < -0.39 is 6.04 Å². The van der Waals surface area contributed by atoms with E-state index in [-0.39, 0.29) is 18.4 Å². The summed E-state index contributed by atoms with van der Waals surface area (Å²) >= 11 is 0. The molecule has 166 valence electrons. The van der Waals surface area contributed by atoms with Crippen LogP contribution in [-0.4, -0.2) is 36.5 Å². The second kappa shape index (κ2) is 8.13. The zero-order valence-electron chi connectivity index (χ0n) is 18.8. The number of hydrogen-bond acceptors (Lipinski definition) is 3. The van der Waals surface area contributed by atoms with Crippen LogP contribution in [0.1, 0.15) is 21.5 Å². The van der Waals surface area contributed by atoms with Crippen LogP contribution >= 0.6 is 0 Å². The van der Waals surface area contributed by atoms with Gasteiger partial charge in [-0.05, 0) is 60.9 Å². The van der Waals surface area contributed by atoms with E-state index in [9.17, 15) is 9.59 Å². The third-order valence-corrected chi connectivity index (χ3v) is 6.33. The van der Waals surface area contributed by atoms with Crippen LogP contribution in [0, 0.1) is 13.8 Å². The van der Waals surface area contributed by atoms with E-state index in [0.717, 1.165) is 22.0 Å². The van der Waals surface area contributed by atoms with Gasteiger partial charge < -0.3 is 19.9 Å². The molecule has 1 atom stereocenters. The van der Waals surface area contributed by atoms with Crippen molar-refractivity contribution in [2.75, 3.05) is 18.6 Å². The predicted octanol–water partition coefficient (Wildman–Crippen LogP) is 4.61. The number of hydrogen-bond donors (Lipinski definition) is 2. The van der Waals surface area contributed by atoms with E-state index >= 15 is 0 Å². The second-order valence-corrected chi connectivity index (χ2v) is 8.46. The zero-order chi connectivity index (χ0) is 23.1. The highest BCUT2D eigenvalue weighted by molar-refractivity contribution is 6.06. The summed E-state index contributed by atoms with van der Waals surface area (Å²) in [6.45, 7) is 4.26. The van der Waals surface area contributed by atoms with Crippen LogP contribution in [0.2, 0.25) is 0 Å². The normalized spacial score (nSPS) is 15.7. The Bertz CT molecular complexity index is 1390. The lowest BCUT2D eigenvalue weighted by molar-refractivity contribution is -0.120. The minimum atomic E-state index is -0.781. The first kappa shape index (κ1) is 20.8. The van der Waals surface area contributed by atoms with E-state index in [1.54, 1.807) is 13.1 Å². The Balaban J connectivity index is 1.42. The predicted molar refractivity (Wildman–Crippen MR) is 130 cm³/mol. The Morgan fingerprint density at radius 1 is 1.06 bits per heavy atom. The van der Waals surface area contributed by atoms with Crippen molar-refractivity contribution in [1.29, 1.82) is 0 Å². The number of aryl methyl sites for hydroxylation is 2. The van der Waals surface area contributed by atoms with Crippen molar-refractivity contribution in [3.05, 3.63) is 83.6 Å². The number of likely N-dealkylation sites (N-methyl/N-ethyl adjacent to an activating group) is 1. The number of fused-ring (bicyclic) bond motifs is 2. The third-order valence-electron chi connectivity index (χ3n) is 6.33. The summed E-state index contributed by atoms with van der Waals surface area (Å²) in [5, 5.41) is 3.81. The van der Waals surface area contributed by atoms with Gasteiger partial charge in [0.15, 0.2) is 0 Å². The molecule has 6 heteroatoms. The van der Waals surface area contributed by atoms with Gasteiger partial charge in [0, 0.05) is 35.3 Å². The van der Waals surface area contributed by atoms with Crippen LogP contribution in [-0.2, 0) is 4.79 Å². The molecule has 4 aromatic rings. The molecule has 6 nitrogen and oxygen atoms in total. The van der Waals surface area contributed by atoms with E-state index in [2.05, 4.69) is 42.3 Å². The number of nitrogens with zero attached hydrogens (tertiary/aromatic N) is 1. The number of para-hydroxylation sites is 2. The number of aromatic nitrogens is 1. The molecule has 3 aromatic carbocycles. The van der Waals surface area contributed by atoms with Gasteiger partial charge in [0.05, 0.1) is 5.69 Å². The summed E-state index contributed by atoms with van der Waals surface area (Å²) in [7, 11) is 1.69. The van der Waals surface area contributed by atoms with Crippen LogP contribution < -0.4 is 15.0 Å². The molecule has 1 aliphatic heterocycles. The number of anilines is 1. The van der Waals surface area contributed by atoms with Crippen molar-refractivity contribution in [2.24, 2.45) is 0 Å². The molecule has 1 aliphatic rings. The standard InChI is InChI=1S/C27H25N3O3/c1-16-8-9-18(12-17(16)2)21-14-28-22-11-10-19(13-20(21)22)26(31)29-23-15-33-25-7-5-4-6-24(25)30(3)27(23)32/h4-14,23,28H,15H2,1-3H3,(H,29,31)/t23-/m0/s1. The lowest BCUT2D eigenvalue weighted by atomic mass is 9.99. The van der Waals surface area contributed by atoms with Gasteiger partial charge >= 0.3 is 0 Å². The summed E-state index contributed by atoms with van der Waals surface area (Å²) in [5.41, 5.74) is 6.70. The molecule has 1 aromatic heterocycles. The van der Waals surface area contributed by atoms with E-state index in [1.165, 1.54) is 16.0 Å². The highest BCUT2D eigenvalue weighted by atomic mass is 16.5. The van der Waals surface area contributed by atoms with Crippen LogP contribution in [0.15, 0.2) is 66.9 Å². The number of H-pyrrole nitrogens is 1. The molecule has 2 heterocycles. The average molecular weight is 440 g/mol. The van der Waals surface area contributed by atoms with Gasteiger partial charge in [-0.15, -0.1) is 0 Å². The Labute approximate surface area is 192 Å². The SMILES string of the molecule is Cc1ccc(-c2c[nH]c3ccc(C(=O)N[C@H]4COc5ccccc5N(C)C4=O)cc23)cc1C. The molecule has 0 aliphatic carbocycles. The Morgan fingerprint density at radius 3 is 2.70 bits per heavy atom. The van der Waals surface area contributed by atoms with Gasteiger partial charge in [0.1, 0.15) is 18.4 Å². The second-order valence-electron chi connectivity index (χ2n) is 8.46. The number of amides is 2. The van der Waals surface area contributed by atoms with Gasteiger partial charge in [-0.2, -0.15) is 0 Å². The molecule has 0 saturated carbocycles. The summed E-state index contributed by atoms with van der Waals surface area (Å²) in [6.07, 6.45) is 1.96. The lowest BCUT2D eigenvalue weighted by Crippen LogP contribution is -2.49. The fourth-order valence-corrected chi connectivity index (χ4v) is 4.21. The van der Waals surface area contributed by atoms with Crippen LogP contribution in [0.25, 0.3) is 22.0 Å². The fraction of sp³-hybridized carbons (Fsp3) is 0.185. The van der Waals surface area contributed by atoms with Crippen LogP contribution in [0.3, 0.4) is 0 Å². The summed E-state index contributed by atoms with van der Waals surface area (Å²) in [5.74, 6) is 0.0918. The molecule has 33 heavy (non-hydrogen) atoms. The Kier molecular flexibility index (Phi) is 5.13. The number of rotatable bonds is 3. The molecular formula is C27H25N3O3. The monoisotopic (exact) mass is 439 g/mol. The van der Waals surface area contributed by atoms with Crippen molar-refractivity contribution in [3.8, 4) is 16.9 Å². The maximum atomic E-state index is 13.1. The van der Waals surface area contributed by atoms with Crippen LogP contribution in [0.4, 0.5) is 5.69 Å². The smallest absolute Gasteiger partial charge is 0.252 e. The van der Waals surface area contributed by atoms with Gasteiger partial charge in [0.25, 0.3) is 11.8 Å². The molecule has 2 N–H and O–H groups in total. The highest BCUT2D eigenvalue weighted by Gasteiger charge is 2.30. The average Bonchev–Trinajstić information content (AvgIpc) is 3.21.